The first-order valence-electron chi connectivity index (χ1n) is 6.39. The minimum absolute atomic E-state index is 0.0464. The lowest BCUT2D eigenvalue weighted by molar-refractivity contribution is -0.137. The maximum Gasteiger partial charge on any atom is 0.416 e. The van der Waals surface area contributed by atoms with Crippen molar-refractivity contribution < 1.29 is 22.7 Å². The predicted octanol–water partition coefficient (Wildman–Crippen LogP) is 3.19. The number of rotatable bonds is 3. The zero-order valence-electron chi connectivity index (χ0n) is 12.2. The topological polar surface area (TPSA) is 64.3 Å². The fourth-order valence-electron chi connectivity index (χ4n) is 1.65. The number of nitrogens with two attached hydrogens (primary N) is 1. The van der Waals surface area contributed by atoms with E-state index in [1.54, 1.807) is 20.8 Å². The Hall–Kier alpha value is -1.76. The second-order valence-electron chi connectivity index (χ2n) is 5.54. The van der Waals surface area contributed by atoms with E-state index in [0.717, 1.165) is 12.1 Å². The van der Waals surface area contributed by atoms with Crippen molar-refractivity contribution >= 4 is 6.09 Å². The second kappa shape index (κ2) is 6.34. The van der Waals surface area contributed by atoms with E-state index in [2.05, 4.69) is 5.32 Å². The van der Waals surface area contributed by atoms with Crippen LogP contribution in [0.25, 0.3) is 0 Å². The van der Waals surface area contributed by atoms with Crippen molar-refractivity contribution in [3.8, 4) is 0 Å². The fourth-order valence-corrected chi connectivity index (χ4v) is 1.65. The molecule has 0 heterocycles. The molecule has 0 bridgehead atoms. The zero-order valence-corrected chi connectivity index (χ0v) is 12.2. The second-order valence-corrected chi connectivity index (χ2v) is 5.54. The molecule has 1 amide bonds. The Balaban J connectivity index is 2.78. The Morgan fingerprint density at radius 1 is 1.24 bits per heavy atom. The van der Waals surface area contributed by atoms with Crippen LogP contribution in [-0.4, -0.2) is 11.7 Å². The summed E-state index contributed by atoms with van der Waals surface area (Å²) in [5, 5.41) is 2.49. The van der Waals surface area contributed by atoms with E-state index in [1.807, 2.05) is 0 Å². The Morgan fingerprint density at radius 3 is 2.33 bits per heavy atom. The molecule has 0 fully saturated rings. The minimum atomic E-state index is -4.42. The van der Waals surface area contributed by atoms with Gasteiger partial charge in [-0.05, 0) is 44.0 Å². The van der Waals surface area contributed by atoms with Crippen LogP contribution in [0.5, 0.6) is 0 Å². The van der Waals surface area contributed by atoms with E-state index < -0.39 is 23.4 Å². The number of alkyl halides is 3. The van der Waals surface area contributed by atoms with E-state index >= 15 is 0 Å². The molecule has 7 heteroatoms. The quantitative estimate of drug-likeness (QED) is 0.901. The molecule has 1 rings (SSSR count). The molecule has 0 aromatic heterocycles. The molecular formula is C14H19F3N2O2. The van der Waals surface area contributed by atoms with Gasteiger partial charge >= 0.3 is 12.3 Å². The first-order chi connectivity index (χ1) is 9.53. The smallest absolute Gasteiger partial charge is 0.416 e. The molecule has 0 spiro atoms. The molecule has 0 radical (unpaired) electrons. The van der Waals surface area contributed by atoms with Crippen molar-refractivity contribution in [2.75, 3.05) is 0 Å². The molecule has 0 saturated heterocycles. The Bertz CT molecular complexity index is 508. The number of hydrogen-bond acceptors (Lipinski definition) is 3. The predicted molar refractivity (Wildman–Crippen MR) is 72.4 cm³/mol. The highest BCUT2D eigenvalue weighted by atomic mass is 19.4. The van der Waals surface area contributed by atoms with Gasteiger partial charge in [-0.2, -0.15) is 13.2 Å². The summed E-state index contributed by atoms with van der Waals surface area (Å²) in [6.45, 7) is 5.16. The minimum Gasteiger partial charge on any atom is -0.444 e. The monoisotopic (exact) mass is 304 g/mol. The van der Waals surface area contributed by atoms with Gasteiger partial charge in [-0.15, -0.1) is 0 Å². The van der Waals surface area contributed by atoms with Crippen LogP contribution in [0.4, 0.5) is 18.0 Å². The summed E-state index contributed by atoms with van der Waals surface area (Å²) < 4.78 is 42.9. The first kappa shape index (κ1) is 17.3. The van der Waals surface area contributed by atoms with Crippen molar-refractivity contribution in [2.24, 2.45) is 5.73 Å². The Labute approximate surface area is 121 Å². The van der Waals surface area contributed by atoms with Crippen LogP contribution in [0.1, 0.15) is 37.5 Å². The highest BCUT2D eigenvalue weighted by Gasteiger charge is 2.30. The number of carbonyl (C=O) groups excluding carboxylic acids is 1. The summed E-state index contributed by atoms with van der Waals surface area (Å²) in [6.07, 6.45) is -5.05. The molecule has 1 aromatic rings. The van der Waals surface area contributed by atoms with Crippen molar-refractivity contribution in [1.82, 2.24) is 5.32 Å². The number of nitrogens with one attached hydrogen (secondary N) is 1. The summed E-state index contributed by atoms with van der Waals surface area (Å²) >= 11 is 0. The molecule has 0 aliphatic rings. The normalized spacial score (nSPS) is 12.1. The highest BCUT2D eigenvalue weighted by Crippen LogP contribution is 2.30. The summed E-state index contributed by atoms with van der Waals surface area (Å²) in [6, 6.07) is 3.26. The average molecular weight is 304 g/mol. The maximum absolute atomic E-state index is 12.6. The molecule has 0 aliphatic carbocycles. The molecular weight excluding hydrogens is 285 g/mol. The lowest BCUT2D eigenvalue weighted by Gasteiger charge is -2.20. The number of carbonyl (C=O) groups is 1. The number of benzene rings is 1. The van der Waals surface area contributed by atoms with E-state index in [9.17, 15) is 18.0 Å². The van der Waals surface area contributed by atoms with Gasteiger partial charge < -0.3 is 15.8 Å². The van der Waals surface area contributed by atoms with Crippen molar-refractivity contribution in [3.63, 3.8) is 0 Å². The van der Waals surface area contributed by atoms with Gasteiger partial charge in [-0.1, -0.05) is 6.07 Å². The summed E-state index contributed by atoms with van der Waals surface area (Å²) in [4.78, 5) is 11.5. The molecule has 0 unspecified atom stereocenters. The standard InChI is InChI=1S/C14H19F3N2O2/c1-13(2,3)21-12(20)19-8-9-4-5-11(14(15,16)17)6-10(9)7-18/h4-6H,7-8,18H2,1-3H3,(H,19,20). The molecule has 0 saturated carbocycles. The molecule has 0 atom stereocenters. The Kier molecular flexibility index (Phi) is 5.22. The lowest BCUT2D eigenvalue weighted by Crippen LogP contribution is -2.32. The van der Waals surface area contributed by atoms with E-state index in [4.69, 9.17) is 10.5 Å². The maximum atomic E-state index is 12.6. The Morgan fingerprint density at radius 2 is 1.86 bits per heavy atom. The van der Waals surface area contributed by atoms with Gasteiger partial charge in [0.2, 0.25) is 0 Å². The van der Waals surface area contributed by atoms with Gasteiger partial charge in [0.05, 0.1) is 5.56 Å². The van der Waals surface area contributed by atoms with Crippen LogP contribution in [0, 0.1) is 0 Å². The number of ether oxygens (including phenoxy) is 1. The van der Waals surface area contributed by atoms with Gasteiger partial charge in [0.25, 0.3) is 0 Å². The summed E-state index contributed by atoms with van der Waals surface area (Å²) in [5.41, 5.74) is 4.92. The van der Waals surface area contributed by atoms with E-state index in [-0.39, 0.29) is 13.1 Å². The molecule has 4 nitrogen and oxygen atoms in total. The zero-order chi connectivity index (χ0) is 16.3. The van der Waals surface area contributed by atoms with Crippen LogP contribution >= 0.6 is 0 Å². The highest BCUT2D eigenvalue weighted by molar-refractivity contribution is 5.67. The molecule has 0 aliphatic heterocycles. The first-order valence-corrected chi connectivity index (χ1v) is 6.39. The fraction of sp³-hybridized carbons (Fsp3) is 0.500. The van der Waals surface area contributed by atoms with E-state index in [0.29, 0.717) is 11.1 Å². The van der Waals surface area contributed by atoms with Crippen LogP contribution < -0.4 is 11.1 Å². The molecule has 118 valence electrons. The van der Waals surface area contributed by atoms with Gasteiger partial charge in [-0.3, -0.25) is 0 Å². The van der Waals surface area contributed by atoms with Crippen LogP contribution in [0.15, 0.2) is 18.2 Å². The van der Waals surface area contributed by atoms with E-state index in [1.165, 1.54) is 6.07 Å². The number of hydrogen-bond donors (Lipinski definition) is 2. The lowest BCUT2D eigenvalue weighted by atomic mass is 10.0. The number of amides is 1. The van der Waals surface area contributed by atoms with Crippen molar-refractivity contribution in [3.05, 3.63) is 34.9 Å². The van der Waals surface area contributed by atoms with Gasteiger partial charge in [-0.25, -0.2) is 4.79 Å². The SMILES string of the molecule is CC(C)(C)OC(=O)NCc1ccc(C(F)(F)F)cc1CN. The third-order valence-corrected chi connectivity index (χ3v) is 2.58. The van der Waals surface area contributed by atoms with Crippen LogP contribution in [0.2, 0.25) is 0 Å². The van der Waals surface area contributed by atoms with Gasteiger partial charge in [0.15, 0.2) is 0 Å². The van der Waals surface area contributed by atoms with Crippen LogP contribution in [-0.2, 0) is 24.0 Å². The number of alkyl carbamates (subject to hydrolysis) is 1. The molecule has 3 N–H and O–H groups in total. The van der Waals surface area contributed by atoms with Crippen molar-refractivity contribution in [1.29, 1.82) is 0 Å². The van der Waals surface area contributed by atoms with Gasteiger partial charge in [0, 0.05) is 13.1 Å². The molecule has 1 aromatic carbocycles. The van der Waals surface area contributed by atoms with Crippen LogP contribution in [0.3, 0.4) is 0 Å². The largest absolute Gasteiger partial charge is 0.444 e. The molecule has 21 heavy (non-hydrogen) atoms. The summed E-state index contributed by atoms with van der Waals surface area (Å²) in [5.74, 6) is 0. The average Bonchev–Trinajstić information content (AvgIpc) is 2.32. The third-order valence-electron chi connectivity index (χ3n) is 2.58. The summed E-state index contributed by atoms with van der Waals surface area (Å²) in [7, 11) is 0. The number of halogens is 3. The van der Waals surface area contributed by atoms with Crippen molar-refractivity contribution in [2.45, 2.75) is 45.6 Å². The third kappa shape index (κ3) is 5.63. The van der Waals surface area contributed by atoms with Gasteiger partial charge in [0.1, 0.15) is 5.60 Å².